The van der Waals surface area contributed by atoms with Crippen LogP contribution in [0.3, 0.4) is 0 Å². The Kier molecular flexibility index (Phi) is 3.80. The van der Waals surface area contributed by atoms with Crippen LogP contribution in [0.15, 0.2) is 29.1 Å². The van der Waals surface area contributed by atoms with Gasteiger partial charge in [-0.15, -0.1) is 11.3 Å². The van der Waals surface area contributed by atoms with Gasteiger partial charge in [0.1, 0.15) is 5.75 Å². The molecule has 1 N–H and O–H groups in total. The van der Waals surface area contributed by atoms with Crippen LogP contribution in [0.2, 0.25) is 0 Å². The van der Waals surface area contributed by atoms with Crippen LogP contribution in [-0.4, -0.2) is 18.1 Å². The number of rotatable bonds is 5. The van der Waals surface area contributed by atoms with Gasteiger partial charge in [0.2, 0.25) is 0 Å². The van der Waals surface area contributed by atoms with E-state index in [4.69, 9.17) is 4.74 Å². The lowest BCUT2D eigenvalue weighted by Crippen LogP contribution is -2.23. The van der Waals surface area contributed by atoms with Gasteiger partial charge in [-0.05, 0) is 30.2 Å². The molecule has 1 aliphatic rings. The molecule has 3 nitrogen and oxygen atoms in total. The molecule has 2 heterocycles. The first-order chi connectivity index (χ1) is 9.38. The molecular formula is C15H18N2OS. The van der Waals surface area contributed by atoms with E-state index in [2.05, 4.69) is 40.8 Å². The van der Waals surface area contributed by atoms with Crippen molar-refractivity contribution in [1.82, 2.24) is 10.3 Å². The van der Waals surface area contributed by atoms with Gasteiger partial charge in [0.25, 0.3) is 0 Å². The Morgan fingerprint density at radius 3 is 3.21 bits per heavy atom. The molecule has 1 unspecified atom stereocenters. The van der Waals surface area contributed by atoms with E-state index in [9.17, 15) is 0 Å². The van der Waals surface area contributed by atoms with Crippen molar-refractivity contribution < 1.29 is 4.74 Å². The van der Waals surface area contributed by atoms with Gasteiger partial charge < -0.3 is 10.1 Å². The van der Waals surface area contributed by atoms with E-state index in [-0.39, 0.29) is 6.04 Å². The van der Waals surface area contributed by atoms with Crippen LogP contribution < -0.4 is 10.1 Å². The number of thiazole rings is 1. The molecule has 19 heavy (non-hydrogen) atoms. The third-order valence-electron chi connectivity index (χ3n) is 3.39. The molecule has 0 saturated carbocycles. The lowest BCUT2D eigenvalue weighted by molar-refractivity contribution is 0.357. The van der Waals surface area contributed by atoms with Crippen LogP contribution in [-0.2, 0) is 6.42 Å². The fourth-order valence-corrected chi connectivity index (χ4v) is 3.01. The lowest BCUT2D eigenvalue weighted by atomic mass is 10.0. The topological polar surface area (TPSA) is 34.1 Å². The zero-order chi connectivity index (χ0) is 13.1. The molecule has 0 amide bonds. The minimum absolute atomic E-state index is 0.192. The van der Waals surface area contributed by atoms with Gasteiger partial charge in [0.05, 0.1) is 23.9 Å². The summed E-state index contributed by atoms with van der Waals surface area (Å²) in [5.41, 5.74) is 5.60. The van der Waals surface area contributed by atoms with E-state index in [1.807, 2.05) is 5.51 Å². The van der Waals surface area contributed by atoms with Gasteiger partial charge in [-0.1, -0.05) is 19.1 Å². The zero-order valence-electron chi connectivity index (χ0n) is 11.1. The SMILES string of the molecule is CCCNC(c1ccc2c(c1)CCO2)c1cscn1. The third kappa shape index (κ3) is 2.65. The van der Waals surface area contributed by atoms with Crippen molar-refractivity contribution in [3.8, 4) is 5.75 Å². The Morgan fingerprint density at radius 2 is 2.42 bits per heavy atom. The minimum Gasteiger partial charge on any atom is -0.493 e. The first-order valence-corrected chi connectivity index (χ1v) is 7.70. The summed E-state index contributed by atoms with van der Waals surface area (Å²) in [6.45, 7) is 3.99. The normalized spacial score (nSPS) is 15.0. The Bertz CT molecular complexity index is 539. The van der Waals surface area contributed by atoms with Gasteiger partial charge in [0.15, 0.2) is 0 Å². The average Bonchev–Trinajstić information content (AvgIpc) is 3.09. The van der Waals surface area contributed by atoms with Gasteiger partial charge in [-0.2, -0.15) is 0 Å². The molecule has 1 atom stereocenters. The average molecular weight is 274 g/mol. The molecule has 3 rings (SSSR count). The number of nitrogens with zero attached hydrogens (tertiary/aromatic N) is 1. The Hall–Kier alpha value is -1.39. The van der Waals surface area contributed by atoms with Crippen molar-refractivity contribution >= 4 is 11.3 Å². The van der Waals surface area contributed by atoms with Crippen molar-refractivity contribution in [2.45, 2.75) is 25.8 Å². The highest BCUT2D eigenvalue weighted by Gasteiger charge is 2.19. The number of ether oxygens (including phenoxy) is 1. The van der Waals surface area contributed by atoms with Crippen molar-refractivity contribution in [2.75, 3.05) is 13.2 Å². The molecule has 0 radical (unpaired) electrons. The summed E-state index contributed by atoms with van der Waals surface area (Å²) >= 11 is 1.65. The molecule has 0 spiro atoms. The standard InChI is InChI=1S/C15H18N2OS/c1-2-6-16-15(13-9-19-10-17-13)12-3-4-14-11(8-12)5-7-18-14/h3-4,8-10,15-16H,2,5-7H2,1H3. The van der Waals surface area contributed by atoms with Crippen molar-refractivity contribution in [2.24, 2.45) is 0 Å². The molecule has 0 saturated heterocycles. The summed E-state index contributed by atoms with van der Waals surface area (Å²) in [5.74, 6) is 1.04. The van der Waals surface area contributed by atoms with Crippen LogP contribution in [0, 0.1) is 0 Å². The van der Waals surface area contributed by atoms with E-state index in [0.29, 0.717) is 0 Å². The molecule has 2 aromatic rings. The lowest BCUT2D eigenvalue weighted by Gasteiger charge is -2.17. The summed E-state index contributed by atoms with van der Waals surface area (Å²) in [6, 6.07) is 6.69. The van der Waals surface area contributed by atoms with Crippen molar-refractivity contribution in [3.63, 3.8) is 0 Å². The summed E-state index contributed by atoms with van der Waals surface area (Å²) in [7, 11) is 0. The van der Waals surface area contributed by atoms with Crippen LogP contribution in [0.5, 0.6) is 5.75 Å². The number of aromatic nitrogens is 1. The summed E-state index contributed by atoms with van der Waals surface area (Å²) in [5, 5.41) is 5.70. The number of fused-ring (bicyclic) bond motifs is 1. The smallest absolute Gasteiger partial charge is 0.122 e. The maximum Gasteiger partial charge on any atom is 0.122 e. The van der Waals surface area contributed by atoms with Crippen molar-refractivity contribution in [3.05, 3.63) is 45.9 Å². The number of benzene rings is 1. The summed E-state index contributed by atoms with van der Waals surface area (Å²) in [4.78, 5) is 4.46. The Balaban J connectivity index is 1.90. The van der Waals surface area contributed by atoms with Crippen LogP contribution in [0.25, 0.3) is 0 Å². The fraction of sp³-hybridized carbons (Fsp3) is 0.400. The second-order valence-electron chi connectivity index (χ2n) is 4.77. The van der Waals surface area contributed by atoms with Gasteiger partial charge >= 0.3 is 0 Å². The molecule has 0 aliphatic carbocycles. The summed E-state index contributed by atoms with van der Waals surface area (Å²) < 4.78 is 5.57. The molecular weight excluding hydrogens is 256 g/mol. The monoisotopic (exact) mass is 274 g/mol. The molecule has 1 aromatic carbocycles. The second-order valence-corrected chi connectivity index (χ2v) is 5.48. The number of nitrogens with one attached hydrogen (secondary N) is 1. The molecule has 100 valence electrons. The highest BCUT2D eigenvalue weighted by Crippen LogP contribution is 2.30. The van der Waals surface area contributed by atoms with E-state index in [1.54, 1.807) is 11.3 Å². The highest BCUT2D eigenvalue weighted by atomic mass is 32.1. The summed E-state index contributed by atoms with van der Waals surface area (Å²) in [6.07, 6.45) is 2.13. The predicted molar refractivity (Wildman–Crippen MR) is 77.9 cm³/mol. The van der Waals surface area contributed by atoms with Crippen LogP contribution in [0.1, 0.15) is 36.2 Å². The number of hydrogen-bond acceptors (Lipinski definition) is 4. The predicted octanol–water partition coefficient (Wildman–Crippen LogP) is 3.17. The molecule has 1 aromatic heterocycles. The third-order valence-corrected chi connectivity index (χ3v) is 4.00. The minimum atomic E-state index is 0.192. The Labute approximate surface area is 117 Å². The first-order valence-electron chi connectivity index (χ1n) is 6.75. The van der Waals surface area contributed by atoms with E-state index in [0.717, 1.165) is 37.4 Å². The highest BCUT2D eigenvalue weighted by molar-refractivity contribution is 7.07. The van der Waals surface area contributed by atoms with E-state index in [1.165, 1.54) is 11.1 Å². The first kappa shape index (κ1) is 12.6. The fourth-order valence-electron chi connectivity index (χ4n) is 2.43. The second kappa shape index (κ2) is 5.72. The van der Waals surface area contributed by atoms with Gasteiger partial charge in [-0.3, -0.25) is 0 Å². The number of hydrogen-bond donors (Lipinski definition) is 1. The maximum absolute atomic E-state index is 5.57. The Morgan fingerprint density at radius 1 is 1.47 bits per heavy atom. The largest absolute Gasteiger partial charge is 0.493 e. The molecule has 1 aliphatic heterocycles. The van der Waals surface area contributed by atoms with Gasteiger partial charge in [-0.25, -0.2) is 4.98 Å². The van der Waals surface area contributed by atoms with Crippen LogP contribution in [0.4, 0.5) is 0 Å². The zero-order valence-corrected chi connectivity index (χ0v) is 11.9. The van der Waals surface area contributed by atoms with E-state index >= 15 is 0 Å². The maximum atomic E-state index is 5.57. The molecule has 4 heteroatoms. The quantitative estimate of drug-likeness (QED) is 0.909. The molecule has 0 bridgehead atoms. The molecule has 0 fully saturated rings. The van der Waals surface area contributed by atoms with Crippen molar-refractivity contribution in [1.29, 1.82) is 0 Å². The van der Waals surface area contributed by atoms with E-state index < -0.39 is 0 Å². The van der Waals surface area contributed by atoms with Gasteiger partial charge in [0, 0.05) is 11.8 Å². The van der Waals surface area contributed by atoms with Crippen LogP contribution >= 0.6 is 11.3 Å².